The number of hydrogen-bond acceptors (Lipinski definition) is 3. The Balaban J connectivity index is 1.56. The summed E-state index contributed by atoms with van der Waals surface area (Å²) in [7, 11) is 0. The van der Waals surface area contributed by atoms with Crippen LogP contribution >= 0.6 is 0 Å². The van der Waals surface area contributed by atoms with Gasteiger partial charge in [-0.2, -0.15) is 0 Å². The van der Waals surface area contributed by atoms with E-state index in [1.165, 1.54) is 12.1 Å². The molecule has 4 nitrogen and oxygen atoms in total. The maximum atomic E-state index is 13.0. The van der Waals surface area contributed by atoms with E-state index >= 15 is 0 Å². The lowest BCUT2D eigenvalue weighted by Gasteiger charge is -2.24. The lowest BCUT2D eigenvalue weighted by molar-refractivity contribution is 0.0566. The minimum Gasteiger partial charge on any atom is -0.384 e. The van der Waals surface area contributed by atoms with Gasteiger partial charge in [0.15, 0.2) is 0 Å². The first kappa shape index (κ1) is 16.4. The predicted octanol–water partition coefficient (Wildman–Crippen LogP) is 3.01. The van der Waals surface area contributed by atoms with Crippen LogP contribution in [-0.4, -0.2) is 21.2 Å². The lowest BCUT2D eigenvalue weighted by atomic mass is 9.96. The largest absolute Gasteiger partial charge is 0.384 e. The Bertz CT molecular complexity index is 765. The molecule has 0 amide bonds. The van der Waals surface area contributed by atoms with Crippen LogP contribution in [0.15, 0.2) is 67.3 Å². The molecule has 1 heterocycles. The summed E-state index contributed by atoms with van der Waals surface area (Å²) in [5.74, 6) is -0.305. The van der Waals surface area contributed by atoms with Crippen molar-refractivity contribution >= 4 is 0 Å². The highest BCUT2D eigenvalue weighted by atomic mass is 19.1. The van der Waals surface area contributed by atoms with Crippen molar-refractivity contribution in [2.45, 2.75) is 19.1 Å². The number of benzene rings is 2. The number of imidazole rings is 1. The minimum absolute atomic E-state index is 0.305. The van der Waals surface area contributed by atoms with Gasteiger partial charge in [-0.25, -0.2) is 9.37 Å². The third-order valence-corrected chi connectivity index (χ3v) is 4.00. The predicted molar refractivity (Wildman–Crippen MR) is 91.2 cm³/mol. The average Bonchev–Trinajstić information content (AvgIpc) is 3.10. The first-order valence-electron chi connectivity index (χ1n) is 7.81. The summed E-state index contributed by atoms with van der Waals surface area (Å²) in [5, 5.41) is 13.8. The van der Waals surface area contributed by atoms with Gasteiger partial charge in [0.1, 0.15) is 5.82 Å². The van der Waals surface area contributed by atoms with E-state index in [0.29, 0.717) is 18.7 Å². The second-order valence-corrected chi connectivity index (χ2v) is 6.02. The maximum Gasteiger partial charge on any atom is 0.123 e. The average molecular weight is 325 g/mol. The Morgan fingerprint density at radius 3 is 2.46 bits per heavy atom. The second kappa shape index (κ2) is 6.95. The smallest absolute Gasteiger partial charge is 0.123 e. The molecular formula is C19H20FN3O. The second-order valence-electron chi connectivity index (χ2n) is 6.02. The fourth-order valence-electron chi connectivity index (χ4n) is 2.56. The van der Waals surface area contributed by atoms with Crippen LogP contribution in [0, 0.1) is 5.82 Å². The van der Waals surface area contributed by atoms with E-state index in [1.807, 2.05) is 35.0 Å². The molecule has 0 saturated carbocycles. The molecule has 2 N–H and O–H groups in total. The first-order valence-corrected chi connectivity index (χ1v) is 7.81. The van der Waals surface area contributed by atoms with Gasteiger partial charge in [-0.3, -0.25) is 0 Å². The van der Waals surface area contributed by atoms with Crippen molar-refractivity contribution in [3.05, 3.63) is 84.2 Å². The van der Waals surface area contributed by atoms with Gasteiger partial charge in [-0.05, 0) is 42.3 Å². The minimum atomic E-state index is -1.05. The SMILES string of the molecule is CC(O)(CNCc1ccc(-n2ccnc2)cc1)c1ccc(F)cc1. The van der Waals surface area contributed by atoms with Crippen LogP contribution in [0.25, 0.3) is 5.69 Å². The Hall–Kier alpha value is -2.50. The number of aliphatic hydroxyl groups is 1. The highest BCUT2D eigenvalue weighted by molar-refractivity contribution is 5.34. The molecule has 5 heteroatoms. The molecule has 3 rings (SSSR count). The fraction of sp³-hybridized carbons (Fsp3) is 0.211. The maximum absolute atomic E-state index is 13.0. The summed E-state index contributed by atoms with van der Waals surface area (Å²) in [5.41, 5.74) is 1.81. The van der Waals surface area contributed by atoms with Crippen molar-refractivity contribution in [2.24, 2.45) is 0 Å². The highest BCUT2D eigenvalue weighted by Crippen LogP contribution is 2.20. The van der Waals surface area contributed by atoms with Crippen molar-refractivity contribution in [1.82, 2.24) is 14.9 Å². The number of aromatic nitrogens is 2. The number of rotatable bonds is 6. The zero-order chi connectivity index (χ0) is 17.0. The van der Waals surface area contributed by atoms with Crippen molar-refractivity contribution in [3.8, 4) is 5.69 Å². The van der Waals surface area contributed by atoms with Crippen LogP contribution in [0.1, 0.15) is 18.1 Å². The normalized spacial score (nSPS) is 13.6. The first-order chi connectivity index (χ1) is 11.5. The van der Waals surface area contributed by atoms with E-state index in [2.05, 4.69) is 10.3 Å². The zero-order valence-electron chi connectivity index (χ0n) is 13.5. The van der Waals surface area contributed by atoms with Crippen LogP contribution in [-0.2, 0) is 12.1 Å². The molecule has 3 aromatic rings. The quantitative estimate of drug-likeness (QED) is 0.732. The third kappa shape index (κ3) is 3.88. The molecule has 0 radical (unpaired) electrons. The van der Waals surface area contributed by atoms with Crippen LogP contribution in [0.5, 0.6) is 0 Å². The molecule has 0 aliphatic rings. The fourth-order valence-corrected chi connectivity index (χ4v) is 2.56. The number of halogens is 1. The molecule has 0 aliphatic heterocycles. The van der Waals surface area contributed by atoms with Crippen LogP contribution in [0.3, 0.4) is 0 Å². The standard InChI is InChI=1S/C19H20FN3O/c1-19(24,16-4-6-17(20)7-5-16)13-22-12-15-2-8-18(9-3-15)23-11-10-21-14-23/h2-11,14,22,24H,12-13H2,1H3. The van der Waals surface area contributed by atoms with Crippen molar-refractivity contribution < 1.29 is 9.50 Å². The van der Waals surface area contributed by atoms with E-state index in [4.69, 9.17) is 0 Å². The number of nitrogens with zero attached hydrogens (tertiary/aromatic N) is 2. The molecule has 1 atom stereocenters. The molecule has 0 saturated heterocycles. The van der Waals surface area contributed by atoms with Gasteiger partial charge in [-0.1, -0.05) is 24.3 Å². The summed E-state index contributed by atoms with van der Waals surface area (Å²) < 4.78 is 14.9. The molecule has 0 bridgehead atoms. The molecular weight excluding hydrogens is 305 g/mol. The van der Waals surface area contributed by atoms with Crippen molar-refractivity contribution in [2.75, 3.05) is 6.54 Å². The lowest BCUT2D eigenvalue weighted by Crippen LogP contribution is -2.35. The third-order valence-electron chi connectivity index (χ3n) is 4.00. The molecule has 1 aromatic heterocycles. The van der Waals surface area contributed by atoms with Gasteiger partial charge in [0.25, 0.3) is 0 Å². The van der Waals surface area contributed by atoms with Gasteiger partial charge < -0.3 is 15.0 Å². The molecule has 24 heavy (non-hydrogen) atoms. The number of hydrogen-bond donors (Lipinski definition) is 2. The van der Waals surface area contributed by atoms with Crippen LogP contribution in [0.4, 0.5) is 4.39 Å². The monoisotopic (exact) mass is 325 g/mol. The molecule has 0 fully saturated rings. The molecule has 124 valence electrons. The molecule has 0 spiro atoms. The number of nitrogens with one attached hydrogen (secondary N) is 1. The van der Waals surface area contributed by atoms with Crippen molar-refractivity contribution in [1.29, 1.82) is 0 Å². The van der Waals surface area contributed by atoms with Gasteiger partial charge in [-0.15, -0.1) is 0 Å². The summed E-state index contributed by atoms with van der Waals surface area (Å²) in [6.07, 6.45) is 5.40. The summed E-state index contributed by atoms with van der Waals surface area (Å²) in [6, 6.07) is 14.1. The van der Waals surface area contributed by atoms with Crippen LogP contribution < -0.4 is 5.32 Å². The van der Waals surface area contributed by atoms with Gasteiger partial charge in [0, 0.05) is 31.2 Å². The summed E-state index contributed by atoms with van der Waals surface area (Å²) in [6.45, 7) is 2.73. The Morgan fingerprint density at radius 2 is 1.83 bits per heavy atom. The van der Waals surface area contributed by atoms with Gasteiger partial charge in [0.2, 0.25) is 0 Å². The molecule has 2 aromatic carbocycles. The van der Waals surface area contributed by atoms with Gasteiger partial charge >= 0.3 is 0 Å². The van der Waals surface area contributed by atoms with E-state index in [-0.39, 0.29) is 5.82 Å². The summed E-state index contributed by atoms with van der Waals surface area (Å²) in [4.78, 5) is 4.03. The zero-order valence-corrected chi connectivity index (χ0v) is 13.5. The van der Waals surface area contributed by atoms with Crippen molar-refractivity contribution in [3.63, 3.8) is 0 Å². The molecule has 0 aliphatic carbocycles. The Kier molecular flexibility index (Phi) is 4.74. The molecule has 1 unspecified atom stereocenters. The topological polar surface area (TPSA) is 50.1 Å². The van der Waals surface area contributed by atoms with Crippen LogP contribution in [0.2, 0.25) is 0 Å². The van der Waals surface area contributed by atoms with E-state index in [9.17, 15) is 9.50 Å². The highest BCUT2D eigenvalue weighted by Gasteiger charge is 2.22. The van der Waals surface area contributed by atoms with Gasteiger partial charge in [0.05, 0.1) is 11.9 Å². The van der Waals surface area contributed by atoms with E-state index in [1.54, 1.807) is 31.6 Å². The van der Waals surface area contributed by atoms with E-state index in [0.717, 1.165) is 11.3 Å². The Morgan fingerprint density at radius 1 is 1.12 bits per heavy atom. The summed E-state index contributed by atoms with van der Waals surface area (Å²) >= 11 is 0. The Labute approximate surface area is 140 Å². The van der Waals surface area contributed by atoms with E-state index < -0.39 is 5.60 Å².